The van der Waals surface area contributed by atoms with Gasteiger partial charge >= 0.3 is 0 Å². The van der Waals surface area contributed by atoms with Gasteiger partial charge in [-0.2, -0.15) is 0 Å². The Morgan fingerprint density at radius 2 is 1.92 bits per heavy atom. The van der Waals surface area contributed by atoms with Crippen molar-refractivity contribution < 1.29 is 18.1 Å². The van der Waals surface area contributed by atoms with Gasteiger partial charge < -0.3 is 10.1 Å². The van der Waals surface area contributed by atoms with E-state index >= 15 is 0 Å². The van der Waals surface area contributed by atoms with Gasteiger partial charge in [-0.25, -0.2) is 8.42 Å². The average molecular weight is 364 g/mol. The minimum Gasteiger partial charge on any atom is -0.494 e. The van der Waals surface area contributed by atoms with Crippen LogP contribution in [0.1, 0.15) is 18.1 Å². The molecule has 0 aliphatic rings. The van der Waals surface area contributed by atoms with Crippen molar-refractivity contribution in [3.8, 4) is 5.75 Å². The maximum absolute atomic E-state index is 11.8. The second-order valence-corrected chi connectivity index (χ2v) is 7.59. The summed E-state index contributed by atoms with van der Waals surface area (Å²) in [5, 5.41) is 14.1. The molecular formula is C17H20N2O5S. The molecule has 0 saturated heterocycles. The summed E-state index contributed by atoms with van der Waals surface area (Å²) in [6, 6.07) is 9.77. The highest BCUT2D eigenvalue weighted by atomic mass is 32.2. The molecule has 0 atom stereocenters. The van der Waals surface area contributed by atoms with E-state index in [1.165, 1.54) is 18.2 Å². The normalized spacial score (nSPS) is 11.2. The fraction of sp³-hybridized carbons (Fsp3) is 0.294. The van der Waals surface area contributed by atoms with Crippen LogP contribution in [0.25, 0.3) is 0 Å². The number of nitro groups is 1. The fourth-order valence-electron chi connectivity index (χ4n) is 2.37. The molecule has 1 N–H and O–H groups in total. The Kier molecular flexibility index (Phi) is 5.63. The number of sulfone groups is 1. The van der Waals surface area contributed by atoms with E-state index in [9.17, 15) is 18.5 Å². The van der Waals surface area contributed by atoms with E-state index in [0.29, 0.717) is 18.8 Å². The van der Waals surface area contributed by atoms with Crippen molar-refractivity contribution in [1.82, 2.24) is 0 Å². The minimum atomic E-state index is -3.71. The minimum absolute atomic E-state index is 0.309. The molecule has 2 rings (SSSR count). The van der Waals surface area contributed by atoms with Crippen LogP contribution in [0.2, 0.25) is 0 Å². The molecule has 8 heteroatoms. The van der Waals surface area contributed by atoms with Crippen LogP contribution in [-0.2, 0) is 16.4 Å². The number of nitrogens with one attached hydrogen (secondary N) is 1. The lowest BCUT2D eigenvalue weighted by atomic mass is 10.1. The van der Waals surface area contributed by atoms with Crippen molar-refractivity contribution in [3.05, 3.63) is 57.6 Å². The molecule has 2 aromatic carbocycles. The fourth-order valence-corrected chi connectivity index (χ4v) is 3.23. The lowest BCUT2D eigenvalue weighted by Gasteiger charge is -2.13. The highest BCUT2D eigenvalue weighted by Crippen LogP contribution is 2.28. The summed E-state index contributed by atoms with van der Waals surface area (Å²) >= 11 is 0. The summed E-state index contributed by atoms with van der Waals surface area (Å²) in [5.74, 6) is 0.750. The topological polar surface area (TPSA) is 98.5 Å². The van der Waals surface area contributed by atoms with Gasteiger partial charge in [-0.05, 0) is 37.6 Å². The van der Waals surface area contributed by atoms with Crippen molar-refractivity contribution in [2.24, 2.45) is 0 Å². The average Bonchev–Trinajstić information content (AvgIpc) is 2.53. The van der Waals surface area contributed by atoms with Crippen LogP contribution in [-0.4, -0.2) is 26.2 Å². The van der Waals surface area contributed by atoms with E-state index in [1.807, 2.05) is 32.0 Å². The van der Waals surface area contributed by atoms with E-state index in [4.69, 9.17) is 4.74 Å². The van der Waals surface area contributed by atoms with Crippen LogP contribution in [0.3, 0.4) is 0 Å². The first kappa shape index (κ1) is 18.7. The highest BCUT2D eigenvalue weighted by molar-refractivity contribution is 7.90. The predicted octanol–water partition coefficient (Wildman–Crippen LogP) is 3.32. The molecule has 0 aromatic heterocycles. The number of hydrogen-bond acceptors (Lipinski definition) is 6. The van der Waals surface area contributed by atoms with Crippen LogP contribution >= 0.6 is 0 Å². The molecule has 0 saturated carbocycles. The first-order valence-electron chi connectivity index (χ1n) is 7.67. The van der Waals surface area contributed by atoms with E-state index in [-0.39, 0.29) is 4.90 Å². The van der Waals surface area contributed by atoms with Crippen molar-refractivity contribution >= 4 is 21.2 Å². The van der Waals surface area contributed by atoms with E-state index in [1.54, 1.807) is 0 Å². The Hall–Kier alpha value is -2.61. The molecule has 134 valence electrons. The Morgan fingerprint density at radius 3 is 2.52 bits per heavy atom. The summed E-state index contributed by atoms with van der Waals surface area (Å²) in [7, 11) is -3.71. The zero-order chi connectivity index (χ0) is 18.6. The number of anilines is 1. The van der Waals surface area contributed by atoms with Crippen molar-refractivity contribution in [2.45, 2.75) is 25.3 Å². The zero-order valence-electron chi connectivity index (χ0n) is 14.3. The van der Waals surface area contributed by atoms with Gasteiger partial charge in [0, 0.05) is 30.1 Å². The molecule has 0 heterocycles. The Morgan fingerprint density at radius 1 is 1.20 bits per heavy atom. The monoisotopic (exact) mass is 364 g/mol. The number of ether oxygens (including phenoxy) is 1. The van der Waals surface area contributed by atoms with Crippen LogP contribution in [0, 0.1) is 17.0 Å². The van der Waals surface area contributed by atoms with Gasteiger partial charge in [0.25, 0.3) is 5.69 Å². The molecular weight excluding hydrogens is 344 g/mol. The molecule has 0 fully saturated rings. The quantitative estimate of drug-likeness (QED) is 0.598. The molecule has 0 amide bonds. The smallest absolute Gasteiger partial charge is 0.288 e. The van der Waals surface area contributed by atoms with Crippen LogP contribution in [0.5, 0.6) is 5.75 Å². The molecule has 0 unspecified atom stereocenters. The number of benzene rings is 2. The summed E-state index contributed by atoms with van der Waals surface area (Å²) in [5.41, 5.74) is 2.03. The molecule has 0 radical (unpaired) electrons. The summed E-state index contributed by atoms with van der Waals surface area (Å²) in [4.78, 5) is 10.0. The Labute approximate surface area is 146 Å². The van der Waals surface area contributed by atoms with Crippen LogP contribution < -0.4 is 10.1 Å². The summed E-state index contributed by atoms with van der Waals surface area (Å²) in [6.07, 6.45) is 0.951. The Bertz CT molecular complexity index is 894. The van der Waals surface area contributed by atoms with Gasteiger partial charge in [0.1, 0.15) is 10.6 Å². The zero-order valence-corrected chi connectivity index (χ0v) is 15.1. The molecule has 2 aromatic rings. The summed E-state index contributed by atoms with van der Waals surface area (Å²) in [6.45, 7) is 4.80. The van der Waals surface area contributed by atoms with Crippen molar-refractivity contribution in [3.63, 3.8) is 0 Å². The number of nitrogens with zero attached hydrogens (tertiary/aromatic N) is 1. The van der Waals surface area contributed by atoms with Crippen LogP contribution in [0.4, 0.5) is 11.4 Å². The maximum atomic E-state index is 11.8. The number of nitro benzene ring substituents is 1. The highest BCUT2D eigenvalue weighted by Gasteiger charge is 2.22. The third-order valence-corrected chi connectivity index (χ3v) is 4.69. The second kappa shape index (κ2) is 7.52. The van der Waals surface area contributed by atoms with Gasteiger partial charge in [0.15, 0.2) is 9.84 Å². The molecule has 0 aliphatic carbocycles. The largest absolute Gasteiger partial charge is 0.494 e. The lowest BCUT2D eigenvalue weighted by Crippen LogP contribution is -2.06. The van der Waals surface area contributed by atoms with Gasteiger partial charge in [-0.15, -0.1) is 0 Å². The summed E-state index contributed by atoms with van der Waals surface area (Å²) < 4.78 is 29.2. The maximum Gasteiger partial charge on any atom is 0.288 e. The van der Waals surface area contributed by atoms with E-state index in [0.717, 1.165) is 23.1 Å². The third-order valence-electron chi connectivity index (χ3n) is 3.56. The molecule has 0 aliphatic heterocycles. The first-order chi connectivity index (χ1) is 11.7. The Balaban J connectivity index is 2.29. The number of hydrogen-bond donors (Lipinski definition) is 1. The van der Waals surface area contributed by atoms with Gasteiger partial charge in [0.05, 0.1) is 11.5 Å². The van der Waals surface area contributed by atoms with Gasteiger partial charge in [0.2, 0.25) is 0 Å². The van der Waals surface area contributed by atoms with Crippen molar-refractivity contribution in [2.75, 3.05) is 18.2 Å². The molecule has 0 bridgehead atoms. The predicted molar refractivity (Wildman–Crippen MR) is 95.9 cm³/mol. The standard InChI is InChI=1S/C17H20N2O5S/c1-4-24-16-9-12(2)5-6-13(16)11-18-14-7-8-15(19(20)21)17(10-14)25(3,22)23/h5-10,18H,4,11H2,1-3H3. The SMILES string of the molecule is CCOc1cc(C)ccc1CNc1ccc([N+](=O)[O-])c(S(C)(=O)=O)c1. The second-order valence-electron chi connectivity index (χ2n) is 5.61. The van der Waals surface area contributed by atoms with Crippen LogP contribution in [0.15, 0.2) is 41.3 Å². The number of rotatable bonds is 7. The molecule has 25 heavy (non-hydrogen) atoms. The molecule has 7 nitrogen and oxygen atoms in total. The lowest BCUT2D eigenvalue weighted by molar-refractivity contribution is -0.387. The van der Waals surface area contributed by atoms with Gasteiger partial charge in [-0.1, -0.05) is 12.1 Å². The third kappa shape index (κ3) is 4.69. The van der Waals surface area contributed by atoms with E-state index in [2.05, 4.69) is 5.32 Å². The number of aryl methyl sites for hydroxylation is 1. The van der Waals surface area contributed by atoms with E-state index < -0.39 is 20.4 Å². The van der Waals surface area contributed by atoms with Gasteiger partial charge in [-0.3, -0.25) is 10.1 Å². The molecule has 0 spiro atoms. The van der Waals surface area contributed by atoms with Crippen molar-refractivity contribution in [1.29, 1.82) is 0 Å². The first-order valence-corrected chi connectivity index (χ1v) is 9.56.